The largest absolute Gasteiger partial charge is 0.463 e. The van der Waals surface area contributed by atoms with Crippen LogP contribution in [0.3, 0.4) is 0 Å². The van der Waals surface area contributed by atoms with Gasteiger partial charge in [-0.05, 0) is 24.6 Å². The van der Waals surface area contributed by atoms with Gasteiger partial charge in [0.05, 0.1) is 6.61 Å². The van der Waals surface area contributed by atoms with E-state index in [1.54, 1.807) is 19.1 Å². The number of nitrogens with two attached hydrogens (primary N) is 1. The van der Waals surface area contributed by atoms with Gasteiger partial charge in [0.2, 0.25) is 0 Å². The molecule has 1 rings (SSSR count). The Bertz CT molecular complexity index is 345. The highest BCUT2D eigenvalue weighted by atomic mass is 16.5. The monoisotopic (exact) mass is 191 g/mol. The van der Waals surface area contributed by atoms with Gasteiger partial charge < -0.3 is 10.5 Å². The summed E-state index contributed by atoms with van der Waals surface area (Å²) in [6.07, 6.45) is 3.02. The number of hydrogen-bond acceptors (Lipinski definition) is 3. The molecule has 0 aromatic heterocycles. The minimum atomic E-state index is -0.351. The van der Waals surface area contributed by atoms with E-state index in [1.807, 2.05) is 18.2 Å². The van der Waals surface area contributed by atoms with E-state index in [2.05, 4.69) is 0 Å². The molecule has 3 heteroatoms. The second kappa shape index (κ2) is 5.07. The zero-order valence-corrected chi connectivity index (χ0v) is 8.07. The van der Waals surface area contributed by atoms with Crippen LogP contribution in [-0.4, -0.2) is 12.6 Å². The van der Waals surface area contributed by atoms with Crippen molar-refractivity contribution in [2.75, 3.05) is 12.3 Å². The van der Waals surface area contributed by atoms with Gasteiger partial charge in [-0.3, -0.25) is 0 Å². The van der Waals surface area contributed by atoms with Crippen molar-refractivity contribution >= 4 is 17.7 Å². The predicted octanol–water partition coefficient (Wildman–Crippen LogP) is 1.85. The Balaban J connectivity index is 2.69. The lowest BCUT2D eigenvalue weighted by molar-refractivity contribution is -0.137. The summed E-state index contributed by atoms with van der Waals surface area (Å²) in [5, 5.41) is 0. The first kappa shape index (κ1) is 10.3. The number of carbonyl (C=O) groups excluding carboxylic acids is 1. The van der Waals surface area contributed by atoms with Crippen molar-refractivity contribution < 1.29 is 9.53 Å². The molecule has 0 amide bonds. The molecule has 0 unspecified atom stereocenters. The highest BCUT2D eigenvalue weighted by Gasteiger charge is 1.95. The zero-order chi connectivity index (χ0) is 10.4. The molecule has 0 saturated heterocycles. The summed E-state index contributed by atoms with van der Waals surface area (Å²) in [5.41, 5.74) is 7.14. The molecule has 0 aliphatic rings. The molecule has 0 bridgehead atoms. The molecule has 0 heterocycles. The minimum Gasteiger partial charge on any atom is -0.463 e. The number of carbonyl (C=O) groups is 1. The molecule has 0 saturated carbocycles. The number of rotatable bonds is 3. The quantitative estimate of drug-likeness (QED) is 0.450. The smallest absolute Gasteiger partial charge is 0.330 e. The number of ether oxygens (including phenoxy) is 1. The average molecular weight is 191 g/mol. The highest BCUT2D eigenvalue weighted by molar-refractivity contribution is 5.88. The van der Waals surface area contributed by atoms with E-state index in [9.17, 15) is 4.79 Å². The Morgan fingerprint density at radius 3 is 2.86 bits per heavy atom. The lowest BCUT2D eigenvalue weighted by atomic mass is 10.2. The van der Waals surface area contributed by atoms with Crippen LogP contribution < -0.4 is 5.73 Å². The molecular formula is C11H13NO2. The maximum absolute atomic E-state index is 11.0. The van der Waals surface area contributed by atoms with Crippen molar-refractivity contribution in [2.45, 2.75) is 6.92 Å². The van der Waals surface area contributed by atoms with Crippen molar-refractivity contribution in [3.63, 3.8) is 0 Å². The summed E-state index contributed by atoms with van der Waals surface area (Å²) in [7, 11) is 0. The number of para-hydroxylation sites is 1. The topological polar surface area (TPSA) is 52.3 Å². The van der Waals surface area contributed by atoms with E-state index in [4.69, 9.17) is 10.5 Å². The van der Waals surface area contributed by atoms with E-state index >= 15 is 0 Å². The number of esters is 1. The summed E-state index contributed by atoms with van der Waals surface area (Å²) in [6.45, 7) is 2.15. The zero-order valence-electron chi connectivity index (χ0n) is 8.07. The number of hydrogen-bond donors (Lipinski definition) is 1. The molecule has 0 aliphatic heterocycles. The highest BCUT2D eigenvalue weighted by Crippen LogP contribution is 2.11. The summed E-state index contributed by atoms with van der Waals surface area (Å²) < 4.78 is 4.74. The van der Waals surface area contributed by atoms with E-state index < -0.39 is 0 Å². The van der Waals surface area contributed by atoms with Gasteiger partial charge in [0.15, 0.2) is 0 Å². The molecule has 0 atom stereocenters. The second-order valence-electron chi connectivity index (χ2n) is 2.71. The molecule has 0 spiro atoms. The van der Waals surface area contributed by atoms with E-state index in [-0.39, 0.29) is 5.97 Å². The van der Waals surface area contributed by atoms with E-state index in [0.29, 0.717) is 12.3 Å². The summed E-state index contributed by atoms with van der Waals surface area (Å²) in [6, 6.07) is 7.33. The Labute approximate surface area is 83.2 Å². The van der Waals surface area contributed by atoms with Gasteiger partial charge in [0.1, 0.15) is 0 Å². The van der Waals surface area contributed by atoms with E-state index in [0.717, 1.165) is 5.56 Å². The van der Waals surface area contributed by atoms with E-state index in [1.165, 1.54) is 6.08 Å². The Hall–Kier alpha value is -1.77. The average Bonchev–Trinajstić information content (AvgIpc) is 2.17. The Morgan fingerprint density at radius 1 is 1.50 bits per heavy atom. The molecule has 3 nitrogen and oxygen atoms in total. The first-order chi connectivity index (χ1) is 6.74. The standard InChI is InChI=1S/C11H13NO2/c1-2-14-11(13)8-7-9-5-3-4-6-10(9)12/h3-8H,2,12H2,1H3. The van der Waals surface area contributed by atoms with Gasteiger partial charge in [-0.2, -0.15) is 0 Å². The third-order valence-corrected chi connectivity index (χ3v) is 1.68. The molecule has 0 aliphatic carbocycles. The molecule has 2 N–H and O–H groups in total. The number of nitrogen functional groups attached to an aromatic ring is 1. The minimum absolute atomic E-state index is 0.351. The molecule has 74 valence electrons. The van der Waals surface area contributed by atoms with Crippen LogP contribution in [-0.2, 0) is 9.53 Å². The summed E-state index contributed by atoms with van der Waals surface area (Å²) in [4.78, 5) is 11.0. The first-order valence-corrected chi connectivity index (χ1v) is 4.43. The van der Waals surface area contributed by atoms with Crippen LogP contribution in [0.15, 0.2) is 30.3 Å². The lowest BCUT2D eigenvalue weighted by Crippen LogP contribution is -1.98. The summed E-state index contributed by atoms with van der Waals surface area (Å²) in [5.74, 6) is -0.351. The molecule has 1 aromatic rings. The molecular weight excluding hydrogens is 178 g/mol. The summed E-state index contributed by atoms with van der Waals surface area (Å²) >= 11 is 0. The normalized spacial score (nSPS) is 10.4. The van der Waals surface area contributed by atoms with Crippen molar-refractivity contribution in [1.82, 2.24) is 0 Å². The SMILES string of the molecule is CCOC(=O)C=Cc1ccccc1N. The maximum Gasteiger partial charge on any atom is 0.330 e. The third-order valence-electron chi connectivity index (χ3n) is 1.68. The molecule has 1 aromatic carbocycles. The predicted molar refractivity (Wildman–Crippen MR) is 56.5 cm³/mol. The van der Waals surface area contributed by atoms with Crippen LogP contribution >= 0.6 is 0 Å². The van der Waals surface area contributed by atoms with Crippen LogP contribution in [0.4, 0.5) is 5.69 Å². The fourth-order valence-corrected chi connectivity index (χ4v) is 1.01. The third kappa shape index (κ3) is 2.94. The van der Waals surface area contributed by atoms with Gasteiger partial charge in [0, 0.05) is 11.8 Å². The first-order valence-electron chi connectivity index (χ1n) is 4.43. The fourth-order valence-electron chi connectivity index (χ4n) is 1.01. The van der Waals surface area contributed by atoms with Crippen molar-refractivity contribution in [3.8, 4) is 0 Å². The second-order valence-corrected chi connectivity index (χ2v) is 2.71. The van der Waals surface area contributed by atoms with Gasteiger partial charge in [-0.25, -0.2) is 4.79 Å². The van der Waals surface area contributed by atoms with Gasteiger partial charge >= 0.3 is 5.97 Å². The lowest BCUT2D eigenvalue weighted by Gasteiger charge is -1.98. The molecule has 14 heavy (non-hydrogen) atoms. The van der Waals surface area contributed by atoms with Gasteiger partial charge in [-0.1, -0.05) is 18.2 Å². The van der Waals surface area contributed by atoms with Crippen LogP contribution in [0.25, 0.3) is 6.08 Å². The fraction of sp³-hybridized carbons (Fsp3) is 0.182. The number of benzene rings is 1. The number of anilines is 1. The van der Waals surface area contributed by atoms with Crippen LogP contribution in [0.5, 0.6) is 0 Å². The Kier molecular flexibility index (Phi) is 3.73. The Morgan fingerprint density at radius 2 is 2.21 bits per heavy atom. The molecule has 0 fully saturated rings. The van der Waals surface area contributed by atoms with Gasteiger partial charge in [-0.15, -0.1) is 0 Å². The maximum atomic E-state index is 11.0. The van der Waals surface area contributed by atoms with Crippen molar-refractivity contribution in [1.29, 1.82) is 0 Å². The van der Waals surface area contributed by atoms with Crippen LogP contribution in [0, 0.1) is 0 Å². The van der Waals surface area contributed by atoms with Crippen molar-refractivity contribution in [3.05, 3.63) is 35.9 Å². The van der Waals surface area contributed by atoms with Crippen LogP contribution in [0.2, 0.25) is 0 Å². The molecule has 0 radical (unpaired) electrons. The van der Waals surface area contributed by atoms with Crippen molar-refractivity contribution in [2.24, 2.45) is 0 Å². The van der Waals surface area contributed by atoms with Gasteiger partial charge in [0.25, 0.3) is 0 Å². The van der Waals surface area contributed by atoms with Crippen LogP contribution in [0.1, 0.15) is 12.5 Å².